The first-order valence-corrected chi connectivity index (χ1v) is 16.2. The molecule has 0 amide bonds. The van der Waals surface area contributed by atoms with Crippen LogP contribution >= 0.6 is 0 Å². The predicted molar refractivity (Wildman–Crippen MR) is 198 cm³/mol. The maximum atomic E-state index is 14.6. The van der Waals surface area contributed by atoms with E-state index < -0.39 is 0 Å². The largest absolute Gasteiger partial charge is 0.308 e. The van der Waals surface area contributed by atoms with Gasteiger partial charge in [-0.25, -0.2) is 0 Å². The molecule has 47 heavy (non-hydrogen) atoms. The molecule has 0 saturated heterocycles. The molecule has 3 heteroatoms. The molecule has 0 aliphatic heterocycles. The zero-order valence-corrected chi connectivity index (χ0v) is 27.6. The molecule has 0 spiro atoms. The van der Waals surface area contributed by atoms with Crippen molar-refractivity contribution in [3.63, 3.8) is 0 Å². The molecule has 2 heterocycles. The molecule has 0 N–H and O–H groups in total. The molecule has 0 aliphatic carbocycles. The number of nitrogens with zero attached hydrogens (tertiary/aromatic N) is 1. The van der Waals surface area contributed by atoms with Crippen molar-refractivity contribution in [3.8, 4) is 33.4 Å². The normalized spacial score (nSPS) is 11.8. The number of hydrogen-bond donors (Lipinski definition) is 0. The van der Waals surface area contributed by atoms with Crippen molar-refractivity contribution in [2.45, 2.75) is 41.5 Å². The maximum absolute atomic E-state index is 14.6. The summed E-state index contributed by atoms with van der Waals surface area (Å²) in [5.74, 6) is 0. The van der Waals surface area contributed by atoms with Gasteiger partial charge in [0.2, 0.25) is 0 Å². The third-order valence-corrected chi connectivity index (χ3v) is 9.45. The standard InChI is InChI=1S/C44H35NO2/c1-24-11-25(2)15-32(14-24)30-7-9-40-36(20-30)43(46)38-22-35(34-18-28(5)13-29(6)19-34)23-39-42(38)45(40)41-10-8-31(21-37(41)44(39)47)33-16-26(3)12-27(4)17-33/h7-23H,1-6H3. The number of hydrogen-bond acceptors (Lipinski definition) is 2. The molecular formula is C44H35NO2. The number of aryl methyl sites for hydroxylation is 6. The quantitative estimate of drug-likeness (QED) is 0.148. The van der Waals surface area contributed by atoms with Gasteiger partial charge in [0.25, 0.3) is 0 Å². The van der Waals surface area contributed by atoms with Gasteiger partial charge in [0, 0.05) is 21.5 Å². The van der Waals surface area contributed by atoms with Crippen molar-refractivity contribution in [2.24, 2.45) is 0 Å². The summed E-state index contributed by atoms with van der Waals surface area (Å²) < 4.78 is 2.14. The summed E-state index contributed by atoms with van der Waals surface area (Å²) in [5.41, 5.74) is 15.2. The fourth-order valence-corrected chi connectivity index (χ4v) is 7.66. The van der Waals surface area contributed by atoms with Crippen LogP contribution in [0.2, 0.25) is 0 Å². The lowest BCUT2D eigenvalue weighted by atomic mass is 9.93. The highest BCUT2D eigenvalue weighted by Crippen LogP contribution is 2.35. The summed E-state index contributed by atoms with van der Waals surface area (Å²) in [5, 5.41) is 2.38. The molecule has 8 aromatic rings. The van der Waals surface area contributed by atoms with Gasteiger partial charge in [-0.3, -0.25) is 9.59 Å². The zero-order chi connectivity index (χ0) is 32.7. The van der Waals surface area contributed by atoms with Crippen LogP contribution in [0.25, 0.3) is 71.5 Å². The third kappa shape index (κ3) is 4.73. The highest BCUT2D eigenvalue weighted by Gasteiger charge is 2.20. The summed E-state index contributed by atoms with van der Waals surface area (Å²) in [6, 6.07) is 35.6. The molecule has 6 aromatic carbocycles. The van der Waals surface area contributed by atoms with Crippen molar-refractivity contribution >= 4 is 38.1 Å². The summed E-state index contributed by atoms with van der Waals surface area (Å²) >= 11 is 0. The van der Waals surface area contributed by atoms with E-state index in [1.807, 2.05) is 36.4 Å². The molecule has 8 rings (SSSR count). The number of rotatable bonds is 3. The Morgan fingerprint density at radius 3 is 1.00 bits per heavy atom. The molecule has 0 bridgehead atoms. The van der Waals surface area contributed by atoms with E-state index in [1.165, 1.54) is 22.3 Å². The Morgan fingerprint density at radius 2 is 0.638 bits per heavy atom. The van der Waals surface area contributed by atoms with E-state index in [1.54, 1.807) is 0 Å². The van der Waals surface area contributed by atoms with Gasteiger partial charge >= 0.3 is 0 Å². The molecular weight excluding hydrogens is 574 g/mol. The molecule has 3 nitrogen and oxygen atoms in total. The molecule has 0 saturated carbocycles. The van der Waals surface area contributed by atoms with Gasteiger partial charge in [-0.05, 0) is 111 Å². The SMILES string of the molecule is Cc1cc(C)cc(-c2ccc3c(c2)c(=O)c2cc(-c4cc(C)cc(C)c4)cc4c(=O)c5cc(-c6cc(C)cc(C)c6)ccc5n3c24)c1. The zero-order valence-electron chi connectivity index (χ0n) is 27.6. The summed E-state index contributed by atoms with van der Waals surface area (Å²) in [6.07, 6.45) is 0. The van der Waals surface area contributed by atoms with Crippen molar-refractivity contribution in [1.82, 2.24) is 4.40 Å². The summed E-state index contributed by atoms with van der Waals surface area (Å²) in [7, 11) is 0. The van der Waals surface area contributed by atoms with Crippen LogP contribution in [0.15, 0.2) is 113 Å². The van der Waals surface area contributed by atoms with E-state index >= 15 is 0 Å². The van der Waals surface area contributed by atoms with Crippen LogP contribution in [0.5, 0.6) is 0 Å². The molecule has 0 fully saturated rings. The second-order valence-electron chi connectivity index (χ2n) is 13.5. The van der Waals surface area contributed by atoms with Crippen LogP contribution < -0.4 is 10.9 Å². The maximum Gasteiger partial charge on any atom is 0.197 e. The Labute approximate surface area is 273 Å². The summed E-state index contributed by atoms with van der Waals surface area (Å²) in [6.45, 7) is 12.5. The predicted octanol–water partition coefficient (Wildman–Crippen LogP) is 10.4. The van der Waals surface area contributed by atoms with Crippen LogP contribution in [-0.4, -0.2) is 4.40 Å². The van der Waals surface area contributed by atoms with Gasteiger partial charge in [-0.2, -0.15) is 0 Å². The number of benzene rings is 6. The van der Waals surface area contributed by atoms with E-state index in [9.17, 15) is 9.59 Å². The van der Waals surface area contributed by atoms with Crippen molar-refractivity contribution in [3.05, 3.63) is 157 Å². The van der Waals surface area contributed by atoms with Crippen molar-refractivity contribution in [2.75, 3.05) is 0 Å². The topological polar surface area (TPSA) is 38.5 Å². The average molecular weight is 610 g/mol. The minimum absolute atomic E-state index is 0.0620. The van der Waals surface area contributed by atoms with E-state index in [-0.39, 0.29) is 10.9 Å². The Bertz CT molecular complexity index is 2510. The van der Waals surface area contributed by atoms with Gasteiger partial charge in [-0.15, -0.1) is 0 Å². The van der Waals surface area contributed by atoms with Gasteiger partial charge in [0.1, 0.15) is 0 Å². The smallest absolute Gasteiger partial charge is 0.197 e. The van der Waals surface area contributed by atoms with Gasteiger partial charge in [0.05, 0.1) is 16.6 Å². The van der Waals surface area contributed by atoms with Gasteiger partial charge in [0.15, 0.2) is 10.9 Å². The average Bonchev–Trinajstić information content (AvgIpc) is 3.02. The molecule has 0 aliphatic rings. The van der Waals surface area contributed by atoms with Gasteiger partial charge < -0.3 is 4.40 Å². The van der Waals surface area contributed by atoms with Crippen LogP contribution in [-0.2, 0) is 0 Å². The van der Waals surface area contributed by atoms with Crippen molar-refractivity contribution in [1.29, 1.82) is 0 Å². The number of pyridine rings is 2. The van der Waals surface area contributed by atoms with E-state index in [2.05, 4.69) is 113 Å². The summed E-state index contributed by atoms with van der Waals surface area (Å²) in [4.78, 5) is 29.1. The van der Waals surface area contributed by atoms with E-state index in [0.29, 0.717) is 27.1 Å². The third-order valence-electron chi connectivity index (χ3n) is 9.45. The van der Waals surface area contributed by atoms with Crippen molar-refractivity contribution < 1.29 is 0 Å². The highest BCUT2D eigenvalue weighted by atomic mass is 16.1. The lowest BCUT2D eigenvalue weighted by Crippen LogP contribution is -2.14. The number of aromatic nitrogens is 1. The molecule has 2 aromatic heterocycles. The molecule has 0 unspecified atom stereocenters. The minimum Gasteiger partial charge on any atom is -0.308 e. The highest BCUT2D eigenvalue weighted by molar-refractivity contribution is 6.10. The second kappa shape index (κ2) is 10.5. The van der Waals surface area contributed by atoms with E-state index in [0.717, 1.165) is 55.5 Å². The molecule has 0 radical (unpaired) electrons. The van der Waals surface area contributed by atoms with Crippen LogP contribution in [0, 0.1) is 41.5 Å². The Morgan fingerprint density at radius 1 is 0.340 bits per heavy atom. The van der Waals surface area contributed by atoms with E-state index in [4.69, 9.17) is 0 Å². The lowest BCUT2D eigenvalue weighted by molar-refractivity contribution is 1.31. The first-order valence-electron chi connectivity index (χ1n) is 16.2. The van der Waals surface area contributed by atoms with Crippen LogP contribution in [0.4, 0.5) is 0 Å². The fraction of sp³-hybridized carbons (Fsp3) is 0.136. The Balaban J connectivity index is 1.53. The monoisotopic (exact) mass is 609 g/mol. The first kappa shape index (κ1) is 28.9. The molecule has 228 valence electrons. The fourth-order valence-electron chi connectivity index (χ4n) is 7.66. The Hall–Kier alpha value is -5.54. The first-order chi connectivity index (χ1) is 22.5. The van der Waals surface area contributed by atoms with Crippen LogP contribution in [0.1, 0.15) is 33.4 Å². The second-order valence-corrected chi connectivity index (χ2v) is 13.5. The number of fused-ring (bicyclic) bond motifs is 4. The minimum atomic E-state index is -0.0620. The van der Waals surface area contributed by atoms with Crippen LogP contribution in [0.3, 0.4) is 0 Å². The van der Waals surface area contributed by atoms with Gasteiger partial charge in [-0.1, -0.05) is 100 Å². The Kier molecular flexibility index (Phi) is 6.46. The lowest BCUT2D eigenvalue weighted by Gasteiger charge is -2.17. The molecule has 0 atom stereocenters.